The Labute approximate surface area is 174 Å². The number of hydrogen-bond donors (Lipinski definition) is 1. The molecule has 1 heterocycles. The summed E-state index contributed by atoms with van der Waals surface area (Å²) in [6.45, 7) is 11.8. The summed E-state index contributed by atoms with van der Waals surface area (Å²) in [6.07, 6.45) is -0.534. The number of rotatable bonds is 10. The van der Waals surface area contributed by atoms with E-state index < -0.39 is 6.10 Å². The van der Waals surface area contributed by atoms with Crippen molar-refractivity contribution in [3.63, 3.8) is 0 Å². The fourth-order valence-electron chi connectivity index (χ4n) is 3.48. The number of benzene rings is 2. The minimum Gasteiger partial charge on any atom is -0.454 e. The quantitative estimate of drug-likeness (QED) is 0.653. The van der Waals surface area contributed by atoms with Crippen LogP contribution in [0.1, 0.15) is 36.1 Å². The van der Waals surface area contributed by atoms with Crippen LogP contribution in [0.4, 0.5) is 0 Å². The molecule has 1 N–H and O–H groups in total. The van der Waals surface area contributed by atoms with E-state index in [-0.39, 0.29) is 6.79 Å². The Morgan fingerprint density at radius 1 is 1.00 bits per heavy atom. The molecule has 0 fully saturated rings. The topological polar surface area (TPSA) is 51.2 Å². The molecule has 0 bridgehead atoms. The zero-order chi connectivity index (χ0) is 20.8. The third kappa shape index (κ3) is 6.46. The van der Waals surface area contributed by atoms with E-state index in [0.29, 0.717) is 32.2 Å². The van der Waals surface area contributed by atoms with Gasteiger partial charge in [-0.1, -0.05) is 43.7 Å². The average Bonchev–Trinajstić information content (AvgIpc) is 3.12. The summed E-state index contributed by atoms with van der Waals surface area (Å²) >= 11 is 0. The zero-order valence-electron chi connectivity index (χ0n) is 18.0. The second kappa shape index (κ2) is 10.1. The molecule has 0 saturated heterocycles. The van der Waals surface area contributed by atoms with Crippen LogP contribution in [0.5, 0.6) is 11.5 Å². The standard InChI is InChI=1S/C24H33NO4/c1-17(2)14-27-15-22(26)13-25(12-21-9-18(3)5-6-19(21)4)11-20-7-8-23-24(10-20)29-16-28-23/h5-10,17,22,26H,11-16H2,1-4H3. The van der Waals surface area contributed by atoms with E-state index >= 15 is 0 Å². The first kappa shape index (κ1) is 21.6. The lowest BCUT2D eigenvalue weighted by molar-refractivity contribution is 0.00551. The summed E-state index contributed by atoms with van der Waals surface area (Å²) in [6, 6.07) is 12.6. The molecule has 1 aliphatic heterocycles. The number of fused-ring (bicyclic) bond motifs is 1. The number of ether oxygens (including phenoxy) is 3. The largest absolute Gasteiger partial charge is 0.454 e. The minimum absolute atomic E-state index is 0.275. The summed E-state index contributed by atoms with van der Waals surface area (Å²) in [5, 5.41) is 10.6. The summed E-state index contributed by atoms with van der Waals surface area (Å²) < 4.78 is 16.6. The van der Waals surface area contributed by atoms with E-state index in [1.807, 2.05) is 12.1 Å². The van der Waals surface area contributed by atoms with Crippen LogP contribution in [0.3, 0.4) is 0 Å². The molecule has 0 aromatic heterocycles. The highest BCUT2D eigenvalue weighted by Crippen LogP contribution is 2.33. The maximum Gasteiger partial charge on any atom is 0.231 e. The minimum atomic E-state index is -0.534. The van der Waals surface area contributed by atoms with Crippen molar-refractivity contribution in [1.29, 1.82) is 0 Å². The molecule has 2 aromatic rings. The SMILES string of the molecule is Cc1ccc(C)c(CN(Cc2ccc3c(c2)OCO3)CC(O)COCC(C)C)c1. The molecule has 0 spiro atoms. The zero-order valence-corrected chi connectivity index (χ0v) is 18.0. The third-order valence-corrected chi connectivity index (χ3v) is 4.97. The number of aryl methyl sites for hydroxylation is 2. The molecule has 1 unspecified atom stereocenters. The van der Waals surface area contributed by atoms with Crippen molar-refractivity contribution >= 4 is 0 Å². The highest BCUT2D eigenvalue weighted by Gasteiger charge is 2.18. The summed E-state index contributed by atoms with van der Waals surface area (Å²) in [4.78, 5) is 2.27. The summed E-state index contributed by atoms with van der Waals surface area (Å²) in [7, 11) is 0. The van der Waals surface area contributed by atoms with Gasteiger partial charge in [-0.05, 0) is 48.6 Å². The van der Waals surface area contributed by atoms with Crippen molar-refractivity contribution in [1.82, 2.24) is 4.90 Å². The predicted molar refractivity (Wildman–Crippen MR) is 114 cm³/mol. The number of hydrogen-bond acceptors (Lipinski definition) is 5. The van der Waals surface area contributed by atoms with Crippen LogP contribution in [0.25, 0.3) is 0 Å². The van der Waals surface area contributed by atoms with Gasteiger partial charge in [-0.3, -0.25) is 4.90 Å². The normalized spacial score (nSPS) is 14.0. The van der Waals surface area contributed by atoms with Crippen LogP contribution in [-0.2, 0) is 17.8 Å². The van der Waals surface area contributed by atoms with Gasteiger partial charge in [0.15, 0.2) is 11.5 Å². The van der Waals surface area contributed by atoms with Crippen molar-refractivity contribution in [2.75, 3.05) is 26.6 Å². The van der Waals surface area contributed by atoms with Crippen LogP contribution >= 0.6 is 0 Å². The lowest BCUT2D eigenvalue weighted by Crippen LogP contribution is -2.34. The molecule has 0 aliphatic carbocycles. The number of aliphatic hydroxyl groups is 1. The van der Waals surface area contributed by atoms with Gasteiger partial charge >= 0.3 is 0 Å². The molecule has 3 rings (SSSR count). The predicted octanol–water partition coefficient (Wildman–Crippen LogP) is 4.07. The van der Waals surface area contributed by atoms with Crippen molar-refractivity contribution < 1.29 is 19.3 Å². The lowest BCUT2D eigenvalue weighted by Gasteiger charge is -2.26. The van der Waals surface area contributed by atoms with Gasteiger partial charge in [-0.15, -0.1) is 0 Å². The molecule has 29 heavy (non-hydrogen) atoms. The molecule has 1 atom stereocenters. The van der Waals surface area contributed by atoms with E-state index in [9.17, 15) is 5.11 Å². The van der Waals surface area contributed by atoms with Gasteiger partial charge in [-0.2, -0.15) is 0 Å². The maximum absolute atomic E-state index is 10.6. The van der Waals surface area contributed by atoms with Gasteiger partial charge in [0.25, 0.3) is 0 Å². The van der Waals surface area contributed by atoms with Gasteiger partial charge in [-0.25, -0.2) is 0 Å². The van der Waals surface area contributed by atoms with E-state index in [4.69, 9.17) is 14.2 Å². The molecule has 158 valence electrons. The Bertz CT molecular complexity index is 805. The van der Waals surface area contributed by atoms with Gasteiger partial charge in [0, 0.05) is 26.2 Å². The molecular weight excluding hydrogens is 366 g/mol. The highest BCUT2D eigenvalue weighted by atomic mass is 16.7. The molecule has 1 aliphatic rings. The van der Waals surface area contributed by atoms with Crippen LogP contribution in [0.2, 0.25) is 0 Å². The Kier molecular flexibility index (Phi) is 7.53. The highest BCUT2D eigenvalue weighted by molar-refractivity contribution is 5.44. The molecule has 2 aromatic carbocycles. The molecule has 0 saturated carbocycles. The summed E-state index contributed by atoms with van der Waals surface area (Å²) in [5.41, 5.74) is 4.92. The second-order valence-electron chi connectivity index (χ2n) is 8.37. The maximum atomic E-state index is 10.6. The van der Waals surface area contributed by atoms with Gasteiger partial charge < -0.3 is 19.3 Å². The Morgan fingerprint density at radius 2 is 1.79 bits per heavy atom. The Balaban J connectivity index is 1.70. The van der Waals surface area contributed by atoms with Crippen LogP contribution in [0, 0.1) is 19.8 Å². The monoisotopic (exact) mass is 399 g/mol. The molecule has 5 nitrogen and oxygen atoms in total. The fourth-order valence-corrected chi connectivity index (χ4v) is 3.48. The first-order chi connectivity index (χ1) is 13.9. The van der Waals surface area contributed by atoms with Crippen LogP contribution < -0.4 is 9.47 Å². The second-order valence-corrected chi connectivity index (χ2v) is 8.37. The van der Waals surface area contributed by atoms with Crippen molar-refractivity contribution in [2.45, 2.75) is 46.9 Å². The Morgan fingerprint density at radius 3 is 2.59 bits per heavy atom. The number of nitrogens with zero attached hydrogens (tertiary/aromatic N) is 1. The van der Waals surface area contributed by atoms with Crippen LogP contribution in [-0.4, -0.2) is 42.7 Å². The van der Waals surface area contributed by atoms with Crippen molar-refractivity contribution in [3.8, 4) is 11.5 Å². The van der Waals surface area contributed by atoms with E-state index in [0.717, 1.165) is 23.6 Å². The fraction of sp³-hybridized carbons (Fsp3) is 0.500. The van der Waals surface area contributed by atoms with E-state index in [2.05, 4.69) is 56.9 Å². The summed E-state index contributed by atoms with van der Waals surface area (Å²) in [5.74, 6) is 2.04. The Hall–Kier alpha value is -2.08. The van der Waals surface area contributed by atoms with Gasteiger partial charge in [0.1, 0.15) is 0 Å². The third-order valence-electron chi connectivity index (χ3n) is 4.97. The van der Waals surface area contributed by atoms with E-state index in [1.165, 1.54) is 16.7 Å². The lowest BCUT2D eigenvalue weighted by atomic mass is 10.0. The molecule has 0 radical (unpaired) electrons. The van der Waals surface area contributed by atoms with Crippen molar-refractivity contribution in [3.05, 3.63) is 58.7 Å². The van der Waals surface area contributed by atoms with Crippen LogP contribution in [0.15, 0.2) is 36.4 Å². The average molecular weight is 400 g/mol. The van der Waals surface area contributed by atoms with Crippen molar-refractivity contribution in [2.24, 2.45) is 5.92 Å². The first-order valence-corrected chi connectivity index (χ1v) is 10.3. The van der Waals surface area contributed by atoms with Gasteiger partial charge in [0.05, 0.1) is 12.7 Å². The molecule has 0 amide bonds. The van der Waals surface area contributed by atoms with Gasteiger partial charge in [0.2, 0.25) is 6.79 Å². The number of aliphatic hydroxyl groups excluding tert-OH is 1. The molecular formula is C24H33NO4. The first-order valence-electron chi connectivity index (χ1n) is 10.3. The molecule has 5 heteroatoms. The smallest absolute Gasteiger partial charge is 0.231 e. The van der Waals surface area contributed by atoms with E-state index in [1.54, 1.807) is 0 Å².